The molecule has 0 bridgehead atoms. The number of nitrogens with one attached hydrogen (secondary N) is 2. The summed E-state index contributed by atoms with van der Waals surface area (Å²) in [5, 5.41) is 10.3. The Morgan fingerprint density at radius 2 is 1.83 bits per heavy atom. The molecule has 1 heterocycles. The van der Waals surface area contributed by atoms with Gasteiger partial charge in [-0.15, -0.1) is 0 Å². The van der Waals surface area contributed by atoms with E-state index in [1.165, 1.54) is 0 Å². The van der Waals surface area contributed by atoms with Gasteiger partial charge in [0.25, 0.3) is 0 Å². The summed E-state index contributed by atoms with van der Waals surface area (Å²) in [5.74, 6) is -0.373. The number of aromatic nitrogens is 2. The quantitative estimate of drug-likeness (QED) is 0.750. The van der Waals surface area contributed by atoms with Gasteiger partial charge < -0.3 is 10.6 Å². The van der Waals surface area contributed by atoms with Crippen molar-refractivity contribution in [2.75, 3.05) is 6.54 Å². The molecule has 0 saturated heterocycles. The summed E-state index contributed by atoms with van der Waals surface area (Å²) in [5.41, 5.74) is 1.91. The van der Waals surface area contributed by atoms with E-state index in [1.807, 2.05) is 20.0 Å². The molecule has 134 valence electrons. The Morgan fingerprint density at radius 1 is 1.21 bits per heavy atom. The molecule has 2 amide bonds. The molecule has 1 saturated carbocycles. The average molecular weight is 334 g/mol. The minimum absolute atomic E-state index is 0.0100. The first-order valence-electron chi connectivity index (χ1n) is 9.07. The fourth-order valence-electron chi connectivity index (χ4n) is 3.42. The molecule has 2 atom stereocenters. The highest BCUT2D eigenvalue weighted by Crippen LogP contribution is 2.30. The zero-order valence-electron chi connectivity index (χ0n) is 15.1. The number of rotatable bonds is 7. The lowest BCUT2D eigenvalue weighted by atomic mass is 9.78. The van der Waals surface area contributed by atoms with Crippen LogP contribution in [0.3, 0.4) is 0 Å². The van der Waals surface area contributed by atoms with Crippen molar-refractivity contribution in [1.82, 2.24) is 20.4 Å². The molecule has 1 aliphatic rings. The second-order valence-electron chi connectivity index (χ2n) is 6.76. The van der Waals surface area contributed by atoms with Gasteiger partial charge in [-0.25, -0.2) is 0 Å². The number of unbranched alkanes of at least 4 members (excludes halogenated alkanes) is 1. The molecule has 24 heavy (non-hydrogen) atoms. The van der Waals surface area contributed by atoms with Crippen LogP contribution in [0, 0.1) is 18.8 Å². The predicted octanol–water partition coefficient (Wildman–Crippen LogP) is 2.07. The Morgan fingerprint density at radius 3 is 2.38 bits per heavy atom. The van der Waals surface area contributed by atoms with Crippen molar-refractivity contribution in [3.8, 4) is 0 Å². The molecule has 2 rings (SSSR count). The van der Waals surface area contributed by atoms with E-state index in [1.54, 1.807) is 4.68 Å². The monoisotopic (exact) mass is 334 g/mol. The molecule has 0 radical (unpaired) electrons. The van der Waals surface area contributed by atoms with Crippen LogP contribution in [0.5, 0.6) is 0 Å². The van der Waals surface area contributed by atoms with Gasteiger partial charge in [0, 0.05) is 25.4 Å². The first-order chi connectivity index (χ1) is 11.5. The molecule has 1 aromatic rings. The van der Waals surface area contributed by atoms with E-state index in [4.69, 9.17) is 0 Å². The van der Waals surface area contributed by atoms with Gasteiger partial charge >= 0.3 is 0 Å². The highest BCUT2D eigenvalue weighted by molar-refractivity contribution is 5.87. The van der Waals surface area contributed by atoms with Crippen LogP contribution in [-0.2, 0) is 23.2 Å². The van der Waals surface area contributed by atoms with Crippen LogP contribution in [0.2, 0.25) is 0 Å². The average Bonchev–Trinajstić information content (AvgIpc) is 2.90. The molecule has 0 aromatic carbocycles. The van der Waals surface area contributed by atoms with Gasteiger partial charge in [-0.05, 0) is 32.3 Å². The minimum Gasteiger partial charge on any atom is -0.356 e. The van der Waals surface area contributed by atoms with Crippen molar-refractivity contribution < 1.29 is 9.59 Å². The number of nitrogens with zero attached hydrogens (tertiary/aromatic N) is 2. The van der Waals surface area contributed by atoms with E-state index in [0.717, 1.165) is 49.9 Å². The Bertz CT molecular complexity index is 567. The number of aryl methyl sites for hydroxylation is 2. The van der Waals surface area contributed by atoms with Crippen molar-refractivity contribution in [2.24, 2.45) is 18.9 Å². The Labute approximate surface area is 144 Å². The Hall–Kier alpha value is -1.85. The topological polar surface area (TPSA) is 76.0 Å². The third-order valence-electron chi connectivity index (χ3n) is 4.81. The van der Waals surface area contributed by atoms with Crippen LogP contribution in [0.15, 0.2) is 6.07 Å². The molecule has 0 spiro atoms. The second kappa shape index (κ2) is 8.85. The van der Waals surface area contributed by atoms with E-state index < -0.39 is 0 Å². The summed E-state index contributed by atoms with van der Waals surface area (Å²) in [7, 11) is 1.87. The van der Waals surface area contributed by atoms with E-state index in [2.05, 4.69) is 22.7 Å². The van der Waals surface area contributed by atoms with E-state index in [-0.39, 0.29) is 23.7 Å². The number of hydrogen-bond acceptors (Lipinski definition) is 3. The van der Waals surface area contributed by atoms with Crippen molar-refractivity contribution in [1.29, 1.82) is 0 Å². The molecule has 0 unspecified atom stereocenters. The highest BCUT2D eigenvalue weighted by Gasteiger charge is 2.35. The van der Waals surface area contributed by atoms with Gasteiger partial charge in [-0.3, -0.25) is 14.3 Å². The first-order valence-corrected chi connectivity index (χ1v) is 9.07. The van der Waals surface area contributed by atoms with Crippen molar-refractivity contribution in [3.63, 3.8) is 0 Å². The van der Waals surface area contributed by atoms with Crippen molar-refractivity contribution >= 4 is 11.8 Å². The summed E-state index contributed by atoms with van der Waals surface area (Å²) < 4.78 is 1.78. The van der Waals surface area contributed by atoms with E-state index >= 15 is 0 Å². The van der Waals surface area contributed by atoms with E-state index in [9.17, 15) is 9.59 Å². The summed E-state index contributed by atoms with van der Waals surface area (Å²) in [6.45, 7) is 5.19. The van der Waals surface area contributed by atoms with Crippen LogP contribution in [0.25, 0.3) is 0 Å². The normalized spacial score (nSPS) is 20.6. The molecular weight excluding hydrogens is 304 g/mol. The second-order valence-corrected chi connectivity index (χ2v) is 6.76. The van der Waals surface area contributed by atoms with Crippen molar-refractivity contribution in [3.05, 3.63) is 17.5 Å². The molecule has 6 heteroatoms. The van der Waals surface area contributed by atoms with Gasteiger partial charge in [0.1, 0.15) is 0 Å². The maximum Gasteiger partial charge on any atom is 0.224 e. The third-order valence-corrected chi connectivity index (χ3v) is 4.81. The fourth-order valence-corrected chi connectivity index (χ4v) is 3.42. The van der Waals surface area contributed by atoms with Crippen LogP contribution < -0.4 is 10.6 Å². The lowest BCUT2D eigenvalue weighted by Gasteiger charge is -2.29. The van der Waals surface area contributed by atoms with Crippen LogP contribution >= 0.6 is 0 Å². The molecular formula is C18H30N4O2. The van der Waals surface area contributed by atoms with Crippen LogP contribution in [-0.4, -0.2) is 28.1 Å². The van der Waals surface area contributed by atoms with Gasteiger partial charge in [0.15, 0.2) is 0 Å². The zero-order valence-corrected chi connectivity index (χ0v) is 15.1. The smallest absolute Gasteiger partial charge is 0.224 e. The van der Waals surface area contributed by atoms with E-state index in [0.29, 0.717) is 13.1 Å². The van der Waals surface area contributed by atoms with Gasteiger partial charge in [-0.1, -0.05) is 26.2 Å². The van der Waals surface area contributed by atoms with Gasteiger partial charge in [0.2, 0.25) is 11.8 Å². The third kappa shape index (κ3) is 4.82. The predicted molar refractivity (Wildman–Crippen MR) is 93.2 cm³/mol. The lowest BCUT2D eigenvalue weighted by Crippen LogP contribution is -2.43. The van der Waals surface area contributed by atoms with Crippen LogP contribution in [0.1, 0.15) is 56.8 Å². The van der Waals surface area contributed by atoms with Gasteiger partial charge in [0.05, 0.1) is 17.9 Å². The maximum absolute atomic E-state index is 12.6. The summed E-state index contributed by atoms with van der Waals surface area (Å²) in [4.78, 5) is 25.0. The summed E-state index contributed by atoms with van der Waals surface area (Å²) in [6.07, 6.45) is 5.68. The summed E-state index contributed by atoms with van der Waals surface area (Å²) in [6, 6.07) is 1.97. The lowest BCUT2D eigenvalue weighted by molar-refractivity contribution is -0.136. The van der Waals surface area contributed by atoms with Crippen molar-refractivity contribution in [2.45, 2.75) is 58.9 Å². The minimum atomic E-state index is -0.213. The molecule has 6 nitrogen and oxygen atoms in total. The molecule has 0 aliphatic heterocycles. The zero-order chi connectivity index (χ0) is 17.5. The SMILES string of the molecule is CCCCNC(=O)[C@@H]1CCCC[C@@H]1C(=O)NCc1cc(C)nn1C. The van der Waals surface area contributed by atoms with Crippen LogP contribution in [0.4, 0.5) is 0 Å². The standard InChI is InChI=1S/C18H30N4O2/c1-4-5-10-19-17(23)15-8-6-7-9-16(15)18(24)20-12-14-11-13(2)21-22(14)3/h11,15-16H,4-10,12H2,1-3H3,(H,19,23)(H,20,24)/t15-,16+/m1/s1. The number of carbonyl (C=O) groups excluding carboxylic acids is 2. The van der Waals surface area contributed by atoms with Gasteiger partial charge in [-0.2, -0.15) is 5.10 Å². The first kappa shape index (κ1) is 18.5. The summed E-state index contributed by atoms with van der Waals surface area (Å²) >= 11 is 0. The molecule has 2 N–H and O–H groups in total. The maximum atomic E-state index is 12.6. The number of carbonyl (C=O) groups is 2. The largest absolute Gasteiger partial charge is 0.356 e. The molecule has 1 fully saturated rings. The molecule has 1 aliphatic carbocycles. The molecule has 1 aromatic heterocycles. The number of hydrogen-bond donors (Lipinski definition) is 2. The Kier molecular flexibility index (Phi) is 6.82. The number of amides is 2. The Balaban J connectivity index is 1.92. The highest BCUT2D eigenvalue weighted by atomic mass is 16.2. The fraction of sp³-hybridized carbons (Fsp3) is 0.722.